The van der Waals surface area contributed by atoms with Gasteiger partial charge in [-0.1, -0.05) is 6.92 Å². The van der Waals surface area contributed by atoms with E-state index >= 15 is 0 Å². The molecule has 15 heavy (non-hydrogen) atoms. The highest BCUT2D eigenvalue weighted by atomic mass is 32.1. The molecule has 2 amide bonds. The molecule has 1 rings (SSSR count). The fourth-order valence-electron chi connectivity index (χ4n) is 1.07. The molecular formula is C9H12N3O2S. The van der Waals surface area contributed by atoms with Crippen molar-refractivity contribution in [3.63, 3.8) is 0 Å². The molecule has 3 N–H and O–H groups in total. The van der Waals surface area contributed by atoms with Gasteiger partial charge in [0.2, 0.25) is 11.8 Å². The van der Waals surface area contributed by atoms with Gasteiger partial charge in [0.15, 0.2) is 5.13 Å². The largest absolute Gasteiger partial charge is 0.370 e. The molecule has 81 valence electrons. The summed E-state index contributed by atoms with van der Waals surface area (Å²) in [5.74, 6) is -0.845. The van der Waals surface area contributed by atoms with Crippen LogP contribution in [0.1, 0.15) is 13.3 Å². The molecule has 1 heterocycles. The molecule has 6 heteroatoms. The van der Waals surface area contributed by atoms with E-state index < -0.39 is 5.91 Å². The van der Waals surface area contributed by atoms with Crippen molar-refractivity contribution in [2.45, 2.75) is 13.3 Å². The van der Waals surface area contributed by atoms with Gasteiger partial charge in [-0.15, -0.1) is 11.3 Å². The zero-order valence-corrected chi connectivity index (χ0v) is 9.08. The summed E-state index contributed by atoms with van der Waals surface area (Å²) in [5, 5.41) is 4.90. The third-order valence-electron chi connectivity index (χ3n) is 1.62. The number of carbonyl (C=O) groups excluding carboxylic acids is 2. The summed E-state index contributed by atoms with van der Waals surface area (Å²) in [6, 6.07) is 0. The first kappa shape index (κ1) is 11.6. The summed E-state index contributed by atoms with van der Waals surface area (Å²) in [4.78, 5) is 25.8. The predicted octanol–water partition coefficient (Wildman–Crippen LogP) is 0.797. The highest BCUT2D eigenvalue weighted by Gasteiger charge is 2.12. The Labute approximate surface area is 91.7 Å². The van der Waals surface area contributed by atoms with Crippen LogP contribution in [0.25, 0.3) is 0 Å². The molecule has 0 spiro atoms. The van der Waals surface area contributed by atoms with Crippen LogP contribution in [0.4, 0.5) is 5.13 Å². The number of hydrogen-bond acceptors (Lipinski definition) is 4. The summed E-state index contributed by atoms with van der Waals surface area (Å²) in [5.41, 5.74) is 5.00. The number of carbonyl (C=O) groups is 2. The molecule has 0 fully saturated rings. The second-order valence-corrected chi connectivity index (χ2v) is 4.04. The lowest BCUT2D eigenvalue weighted by Crippen LogP contribution is -2.20. The Bertz CT molecular complexity index is 337. The fourth-order valence-corrected chi connectivity index (χ4v) is 1.60. The third-order valence-corrected chi connectivity index (χ3v) is 2.31. The van der Waals surface area contributed by atoms with Crippen LogP contribution in [-0.4, -0.2) is 16.8 Å². The van der Waals surface area contributed by atoms with Gasteiger partial charge >= 0.3 is 0 Å². The highest BCUT2D eigenvalue weighted by Crippen LogP contribution is 2.12. The van der Waals surface area contributed by atoms with E-state index in [1.165, 1.54) is 17.8 Å². The Morgan fingerprint density at radius 3 is 3.00 bits per heavy atom. The second-order valence-electron chi connectivity index (χ2n) is 3.14. The topological polar surface area (TPSA) is 85.1 Å². The monoisotopic (exact) mass is 226 g/mol. The van der Waals surface area contributed by atoms with E-state index in [-0.39, 0.29) is 18.2 Å². The smallest absolute Gasteiger partial charge is 0.230 e. The Morgan fingerprint density at radius 1 is 1.73 bits per heavy atom. The van der Waals surface area contributed by atoms with Gasteiger partial charge < -0.3 is 11.1 Å². The van der Waals surface area contributed by atoms with Crippen molar-refractivity contribution in [1.82, 2.24) is 4.98 Å². The lowest BCUT2D eigenvalue weighted by Gasteiger charge is -2.07. The van der Waals surface area contributed by atoms with Crippen LogP contribution in [0.2, 0.25) is 0 Å². The Kier molecular flexibility index (Phi) is 4.23. The van der Waals surface area contributed by atoms with Crippen LogP contribution in [0.15, 0.2) is 11.6 Å². The normalized spacial score (nSPS) is 12.1. The van der Waals surface area contributed by atoms with Crippen molar-refractivity contribution in [3.05, 3.63) is 18.0 Å². The molecule has 1 aromatic heterocycles. The van der Waals surface area contributed by atoms with Crippen molar-refractivity contribution in [1.29, 1.82) is 0 Å². The number of rotatable bonds is 5. The molecule has 1 atom stereocenters. The van der Waals surface area contributed by atoms with Gasteiger partial charge in [0.05, 0.1) is 6.42 Å². The highest BCUT2D eigenvalue weighted by molar-refractivity contribution is 7.13. The number of nitrogens with one attached hydrogen (secondary N) is 1. The number of primary amides is 1. The third kappa shape index (κ3) is 4.55. The van der Waals surface area contributed by atoms with Crippen LogP contribution in [0.3, 0.4) is 0 Å². The van der Waals surface area contributed by atoms with Crippen molar-refractivity contribution >= 4 is 28.3 Å². The van der Waals surface area contributed by atoms with E-state index in [4.69, 9.17) is 5.73 Å². The quantitative estimate of drug-likeness (QED) is 0.778. The van der Waals surface area contributed by atoms with Gasteiger partial charge in [0.1, 0.15) is 0 Å². The molecule has 0 saturated carbocycles. The molecule has 0 saturated heterocycles. The Balaban J connectivity index is 2.33. The number of nitrogens with zero attached hydrogens (tertiary/aromatic N) is 1. The summed E-state index contributed by atoms with van der Waals surface area (Å²) in [7, 11) is 0. The maximum Gasteiger partial charge on any atom is 0.230 e. The molecule has 5 nitrogen and oxygen atoms in total. The summed E-state index contributed by atoms with van der Waals surface area (Å²) in [6.45, 7) is 1.76. The van der Waals surface area contributed by atoms with Crippen molar-refractivity contribution in [2.24, 2.45) is 11.7 Å². The number of hydrogen-bond donors (Lipinski definition) is 2. The van der Waals surface area contributed by atoms with Gasteiger partial charge in [0, 0.05) is 18.0 Å². The number of aromatic nitrogens is 1. The van der Waals surface area contributed by atoms with Crippen LogP contribution in [0, 0.1) is 12.3 Å². The molecular weight excluding hydrogens is 214 g/mol. The first-order chi connectivity index (χ1) is 7.08. The zero-order valence-electron chi connectivity index (χ0n) is 8.27. The predicted molar refractivity (Wildman–Crippen MR) is 58.0 cm³/mol. The molecule has 1 aromatic rings. The summed E-state index contributed by atoms with van der Waals surface area (Å²) in [6.07, 6.45) is 3.20. The lowest BCUT2D eigenvalue weighted by atomic mass is 10.0. The summed E-state index contributed by atoms with van der Waals surface area (Å²) >= 11 is 1.34. The number of anilines is 1. The lowest BCUT2D eigenvalue weighted by molar-refractivity contribution is -0.118. The molecule has 0 aliphatic rings. The van der Waals surface area contributed by atoms with E-state index in [2.05, 4.69) is 10.3 Å². The first-order valence-electron chi connectivity index (χ1n) is 4.41. The van der Waals surface area contributed by atoms with Gasteiger partial charge in [-0.3, -0.25) is 9.59 Å². The molecule has 0 bridgehead atoms. The standard InChI is InChI=1S/C9H12N3O2S/c1-6(4-7(10)13)5-8(14)12-9-11-2-3-15-9/h2-3,5-6H,4H2,1H3,(H2,10,13)(H,11,12,14)/t6-/m1/s1. The fraction of sp³-hybridized carbons (Fsp3) is 0.333. The Morgan fingerprint density at radius 2 is 2.47 bits per heavy atom. The van der Waals surface area contributed by atoms with E-state index in [1.807, 2.05) is 0 Å². The van der Waals surface area contributed by atoms with Crippen LogP contribution >= 0.6 is 11.3 Å². The van der Waals surface area contributed by atoms with E-state index in [0.717, 1.165) is 0 Å². The maximum atomic E-state index is 11.4. The van der Waals surface area contributed by atoms with Crippen molar-refractivity contribution in [2.75, 3.05) is 5.32 Å². The molecule has 0 aliphatic heterocycles. The number of amides is 2. The molecule has 1 radical (unpaired) electrons. The van der Waals surface area contributed by atoms with Crippen molar-refractivity contribution < 1.29 is 9.59 Å². The van der Waals surface area contributed by atoms with Crippen LogP contribution in [-0.2, 0) is 9.59 Å². The number of nitrogens with two attached hydrogens (primary N) is 1. The minimum Gasteiger partial charge on any atom is -0.370 e. The average Bonchev–Trinajstić information content (AvgIpc) is 2.53. The number of thiazole rings is 1. The Hall–Kier alpha value is -1.43. The van der Waals surface area contributed by atoms with Crippen LogP contribution < -0.4 is 11.1 Å². The second kappa shape index (κ2) is 5.45. The van der Waals surface area contributed by atoms with Gasteiger partial charge in [-0.25, -0.2) is 4.98 Å². The van der Waals surface area contributed by atoms with Gasteiger partial charge in [-0.2, -0.15) is 0 Å². The molecule has 0 unspecified atom stereocenters. The molecule has 0 aliphatic carbocycles. The zero-order chi connectivity index (χ0) is 11.3. The van der Waals surface area contributed by atoms with Gasteiger partial charge in [0.25, 0.3) is 0 Å². The van der Waals surface area contributed by atoms with E-state index in [9.17, 15) is 9.59 Å². The van der Waals surface area contributed by atoms with Crippen molar-refractivity contribution in [3.8, 4) is 0 Å². The minimum atomic E-state index is -0.416. The average molecular weight is 226 g/mol. The maximum absolute atomic E-state index is 11.4. The summed E-state index contributed by atoms with van der Waals surface area (Å²) < 4.78 is 0. The van der Waals surface area contributed by atoms with Gasteiger partial charge in [-0.05, 0) is 5.92 Å². The van der Waals surface area contributed by atoms with E-state index in [0.29, 0.717) is 5.13 Å². The van der Waals surface area contributed by atoms with E-state index in [1.54, 1.807) is 18.5 Å². The first-order valence-corrected chi connectivity index (χ1v) is 5.29. The minimum absolute atomic E-state index is 0.164. The SMILES string of the molecule is C[C@@H]([CH]C(=O)Nc1nccs1)CC(N)=O. The molecule has 0 aromatic carbocycles. The van der Waals surface area contributed by atoms with Crippen LogP contribution in [0.5, 0.6) is 0 Å².